The van der Waals surface area contributed by atoms with E-state index in [1.807, 2.05) is 0 Å². The summed E-state index contributed by atoms with van der Waals surface area (Å²) in [7, 11) is 0. The smallest absolute Gasteiger partial charge is 0.244 e. The van der Waals surface area contributed by atoms with E-state index in [2.05, 4.69) is 4.98 Å². The third-order valence-electron chi connectivity index (χ3n) is 1.63. The van der Waals surface area contributed by atoms with E-state index < -0.39 is 11.9 Å². The molecule has 0 unspecified atom stereocenters. The van der Waals surface area contributed by atoms with E-state index >= 15 is 0 Å². The lowest BCUT2D eigenvalue weighted by molar-refractivity contribution is -0.141. The number of allylic oxidation sites excluding steroid dienone is 1. The molecule has 0 aliphatic heterocycles. The Morgan fingerprint density at radius 2 is 2.07 bits per heavy atom. The fraction of sp³-hybridized carbons (Fsp3) is 0.300. The van der Waals surface area contributed by atoms with E-state index in [9.17, 15) is 13.2 Å². The molecule has 0 bridgehead atoms. The fourth-order valence-electron chi connectivity index (χ4n) is 0.969. The highest BCUT2D eigenvalue weighted by Gasteiger charge is 2.32. The summed E-state index contributed by atoms with van der Waals surface area (Å²) in [6, 6.07) is 3.79. The predicted octanol–water partition coefficient (Wildman–Crippen LogP) is 3.74. The van der Waals surface area contributed by atoms with Crippen molar-refractivity contribution in [2.24, 2.45) is 0 Å². The highest BCUT2D eigenvalue weighted by molar-refractivity contribution is 6.17. The van der Waals surface area contributed by atoms with Crippen molar-refractivity contribution >= 4 is 17.7 Å². The van der Waals surface area contributed by atoms with E-state index in [1.54, 1.807) is 6.08 Å². The van der Waals surface area contributed by atoms with Crippen molar-refractivity contribution in [3.05, 3.63) is 35.7 Å². The van der Waals surface area contributed by atoms with Crippen LogP contribution in [0.2, 0.25) is 0 Å². The van der Waals surface area contributed by atoms with E-state index in [0.29, 0.717) is 12.3 Å². The summed E-state index contributed by atoms with van der Waals surface area (Å²) < 4.78 is 36.7. The standard InChI is InChI=1S/C10H9ClF3N/c11-7-2-1-4-8-5-3-6-9(15-8)10(12,13)14/h1,3-6H,2,7H2. The van der Waals surface area contributed by atoms with Crippen LogP contribution in [0.15, 0.2) is 24.3 Å². The van der Waals surface area contributed by atoms with Crippen molar-refractivity contribution in [1.29, 1.82) is 0 Å². The van der Waals surface area contributed by atoms with Crippen LogP contribution in [0.3, 0.4) is 0 Å². The van der Waals surface area contributed by atoms with E-state index in [1.165, 1.54) is 18.2 Å². The third kappa shape index (κ3) is 3.91. The second-order valence-corrected chi connectivity index (χ2v) is 3.20. The van der Waals surface area contributed by atoms with Gasteiger partial charge < -0.3 is 0 Å². The summed E-state index contributed by atoms with van der Waals surface area (Å²) in [5, 5.41) is 0. The van der Waals surface area contributed by atoms with Crippen LogP contribution in [0.25, 0.3) is 6.08 Å². The van der Waals surface area contributed by atoms with E-state index in [0.717, 1.165) is 6.07 Å². The quantitative estimate of drug-likeness (QED) is 0.728. The van der Waals surface area contributed by atoms with Crippen LogP contribution in [0.1, 0.15) is 17.8 Å². The lowest BCUT2D eigenvalue weighted by Crippen LogP contribution is -2.07. The average Bonchev–Trinajstić information content (AvgIpc) is 2.17. The van der Waals surface area contributed by atoms with Gasteiger partial charge in [-0.15, -0.1) is 11.6 Å². The minimum absolute atomic E-state index is 0.287. The van der Waals surface area contributed by atoms with Crippen LogP contribution in [-0.2, 0) is 6.18 Å². The molecule has 82 valence electrons. The average molecular weight is 236 g/mol. The van der Waals surface area contributed by atoms with Gasteiger partial charge in [-0.1, -0.05) is 12.1 Å². The first-order valence-corrected chi connectivity index (χ1v) is 4.84. The Bertz CT molecular complexity index is 347. The Morgan fingerprint density at radius 3 is 2.67 bits per heavy atom. The molecule has 1 heterocycles. The first-order chi connectivity index (χ1) is 7.04. The summed E-state index contributed by atoms with van der Waals surface area (Å²) in [5.74, 6) is 0.440. The number of halogens is 4. The first-order valence-electron chi connectivity index (χ1n) is 4.31. The second-order valence-electron chi connectivity index (χ2n) is 2.83. The second kappa shape index (κ2) is 5.16. The van der Waals surface area contributed by atoms with Crippen LogP contribution in [0.4, 0.5) is 13.2 Å². The SMILES string of the molecule is FC(F)(F)c1cccc(C=CCCCl)n1. The van der Waals surface area contributed by atoms with Gasteiger partial charge in [0, 0.05) is 5.88 Å². The molecule has 0 amide bonds. The zero-order valence-electron chi connectivity index (χ0n) is 7.76. The number of alkyl halides is 4. The lowest BCUT2D eigenvalue weighted by atomic mass is 10.2. The molecule has 0 radical (unpaired) electrons. The summed E-state index contributed by atoms with van der Waals surface area (Å²) >= 11 is 5.42. The lowest BCUT2D eigenvalue weighted by Gasteiger charge is -2.05. The Morgan fingerprint density at radius 1 is 1.33 bits per heavy atom. The number of aromatic nitrogens is 1. The zero-order chi connectivity index (χ0) is 11.3. The van der Waals surface area contributed by atoms with Crippen LogP contribution in [-0.4, -0.2) is 10.9 Å². The molecule has 1 aromatic heterocycles. The maximum absolute atomic E-state index is 12.2. The maximum Gasteiger partial charge on any atom is 0.433 e. The molecule has 0 aliphatic rings. The highest BCUT2D eigenvalue weighted by Crippen LogP contribution is 2.27. The van der Waals surface area contributed by atoms with Crippen molar-refractivity contribution in [3.8, 4) is 0 Å². The van der Waals surface area contributed by atoms with Crippen LogP contribution in [0.5, 0.6) is 0 Å². The van der Waals surface area contributed by atoms with Gasteiger partial charge >= 0.3 is 6.18 Å². The topological polar surface area (TPSA) is 12.9 Å². The molecule has 0 spiro atoms. The maximum atomic E-state index is 12.2. The molecule has 0 aliphatic carbocycles. The highest BCUT2D eigenvalue weighted by atomic mass is 35.5. The molecule has 0 aromatic carbocycles. The Balaban J connectivity index is 2.84. The first kappa shape index (κ1) is 12.0. The molecular weight excluding hydrogens is 227 g/mol. The fourth-order valence-corrected chi connectivity index (χ4v) is 1.10. The molecule has 0 fully saturated rings. The van der Waals surface area contributed by atoms with Crippen molar-refractivity contribution in [1.82, 2.24) is 4.98 Å². The van der Waals surface area contributed by atoms with Gasteiger partial charge in [0.25, 0.3) is 0 Å². The largest absolute Gasteiger partial charge is 0.433 e. The number of nitrogens with zero attached hydrogens (tertiary/aromatic N) is 1. The van der Waals surface area contributed by atoms with E-state index in [-0.39, 0.29) is 5.69 Å². The van der Waals surface area contributed by atoms with Crippen molar-refractivity contribution < 1.29 is 13.2 Å². The minimum Gasteiger partial charge on any atom is -0.244 e. The molecule has 1 nitrogen and oxygen atoms in total. The molecular formula is C10H9ClF3N. The van der Waals surface area contributed by atoms with Gasteiger partial charge in [-0.05, 0) is 24.6 Å². The Kier molecular flexibility index (Phi) is 4.15. The van der Waals surface area contributed by atoms with Gasteiger partial charge in [0.2, 0.25) is 0 Å². The molecule has 1 rings (SSSR count). The number of pyridine rings is 1. The summed E-state index contributed by atoms with van der Waals surface area (Å²) in [6.07, 6.45) is -0.567. The molecule has 5 heteroatoms. The van der Waals surface area contributed by atoms with Gasteiger partial charge in [0.15, 0.2) is 0 Å². The molecule has 0 saturated heterocycles. The van der Waals surface area contributed by atoms with Crippen molar-refractivity contribution in [2.45, 2.75) is 12.6 Å². The summed E-state index contributed by atoms with van der Waals surface area (Å²) in [4.78, 5) is 3.46. The van der Waals surface area contributed by atoms with Crippen LogP contribution in [0, 0.1) is 0 Å². The molecule has 15 heavy (non-hydrogen) atoms. The monoisotopic (exact) mass is 235 g/mol. The normalized spacial score (nSPS) is 12.3. The van der Waals surface area contributed by atoms with Crippen molar-refractivity contribution in [2.75, 3.05) is 5.88 Å². The minimum atomic E-state index is -4.39. The van der Waals surface area contributed by atoms with Gasteiger partial charge in [-0.25, -0.2) is 4.98 Å². The number of hydrogen-bond donors (Lipinski definition) is 0. The molecule has 0 N–H and O–H groups in total. The zero-order valence-corrected chi connectivity index (χ0v) is 8.52. The number of hydrogen-bond acceptors (Lipinski definition) is 1. The van der Waals surface area contributed by atoms with E-state index in [4.69, 9.17) is 11.6 Å². The van der Waals surface area contributed by atoms with Crippen molar-refractivity contribution in [3.63, 3.8) is 0 Å². The summed E-state index contributed by atoms with van der Waals surface area (Å²) in [6.45, 7) is 0. The number of rotatable bonds is 3. The molecule has 0 atom stereocenters. The predicted molar refractivity (Wildman–Crippen MR) is 53.6 cm³/mol. The Hall–Kier alpha value is -1.03. The van der Waals surface area contributed by atoms with Gasteiger partial charge in [-0.3, -0.25) is 0 Å². The summed E-state index contributed by atoms with van der Waals surface area (Å²) in [5.41, 5.74) is -0.592. The van der Waals surface area contributed by atoms with Gasteiger partial charge in [0.05, 0.1) is 5.69 Å². The van der Waals surface area contributed by atoms with Crippen LogP contribution >= 0.6 is 11.6 Å². The Labute approximate surface area is 90.6 Å². The molecule has 0 saturated carbocycles. The van der Waals surface area contributed by atoms with Crippen LogP contribution < -0.4 is 0 Å². The third-order valence-corrected chi connectivity index (χ3v) is 1.84. The van der Waals surface area contributed by atoms with Gasteiger partial charge in [0.1, 0.15) is 5.69 Å². The molecule has 1 aromatic rings. The van der Waals surface area contributed by atoms with Gasteiger partial charge in [-0.2, -0.15) is 13.2 Å².